The second kappa shape index (κ2) is 4.50. The second-order valence-electron chi connectivity index (χ2n) is 3.35. The van der Waals surface area contributed by atoms with Crippen LogP contribution in [0.1, 0.15) is 6.92 Å². The Morgan fingerprint density at radius 2 is 2.29 bits per heavy atom. The van der Waals surface area contributed by atoms with E-state index in [4.69, 9.17) is 11.6 Å². The first-order valence-electron chi connectivity index (χ1n) is 4.96. The minimum atomic E-state index is -0.438. The molecule has 0 aliphatic heterocycles. The first-order chi connectivity index (χ1) is 8.11. The molecule has 0 saturated carbocycles. The van der Waals surface area contributed by atoms with Crippen LogP contribution in [-0.4, -0.2) is 21.4 Å². The van der Waals surface area contributed by atoms with Gasteiger partial charge < -0.3 is 5.32 Å². The Hall–Kier alpha value is -1.95. The van der Waals surface area contributed by atoms with Crippen molar-refractivity contribution in [2.75, 3.05) is 11.9 Å². The fourth-order valence-corrected chi connectivity index (χ4v) is 1.67. The van der Waals surface area contributed by atoms with E-state index in [1.807, 2.05) is 6.92 Å². The Morgan fingerprint density at radius 3 is 2.94 bits per heavy atom. The molecule has 0 spiro atoms. The molecule has 17 heavy (non-hydrogen) atoms. The molecule has 0 bridgehead atoms. The zero-order chi connectivity index (χ0) is 12.4. The van der Waals surface area contributed by atoms with Gasteiger partial charge in [-0.25, -0.2) is 9.97 Å². The number of nitro groups is 1. The van der Waals surface area contributed by atoms with Crippen LogP contribution in [0, 0.1) is 10.1 Å². The summed E-state index contributed by atoms with van der Waals surface area (Å²) in [5.41, 5.74) is 1.01. The third kappa shape index (κ3) is 2.26. The largest absolute Gasteiger partial charge is 0.380 e. The van der Waals surface area contributed by atoms with Crippen LogP contribution in [0.15, 0.2) is 18.3 Å². The smallest absolute Gasteiger partial charge is 0.293 e. The molecular weight excluding hydrogens is 244 g/mol. The minimum Gasteiger partial charge on any atom is -0.380 e. The van der Waals surface area contributed by atoms with Crippen LogP contribution < -0.4 is 5.32 Å². The average Bonchev–Trinajstić information content (AvgIpc) is 2.28. The van der Waals surface area contributed by atoms with Gasteiger partial charge in [0.2, 0.25) is 5.28 Å². The van der Waals surface area contributed by atoms with Crippen LogP contribution in [-0.2, 0) is 0 Å². The SMILES string of the molecule is CCNc1cc2nc(Cl)ncc2cc1[N+](=O)[O-]. The van der Waals surface area contributed by atoms with E-state index in [0.717, 1.165) is 0 Å². The van der Waals surface area contributed by atoms with Gasteiger partial charge in [-0.15, -0.1) is 0 Å². The number of halogens is 1. The Balaban J connectivity index is 2.67. The van der Waals surface area contributed by atoms with Crippen molar-refractivity contribution in [1.29, 1.82) is 0 Å². The Bertz CT molecular complexity index is 588. The Kier molecular flexibility index (Phi) is 3.06. The molecule has 88 valence electrons. The third-order valence-corrected chi connectivity index (χ3v) is 2.41. The summed E-state index contributed by atoms with van der Waals surface area (Å²) in [7, 11) is 0. The molecule has 2 aromatic rings. The number of fused-ring (bicyclic) bond motifs is 1. The van der Waals surface area contributed by atoms with Gasteiger partial charge in [-0.1, -0.05) is 0 Å². The van der Waals surface area contributed by atoms with Gasteiger partial charge in [0.25, 0.3) is 5.69 Å². The summed E-state index contributed by atoms with van der Waals surface area (Å²) >= 11 is 5.67. The van der Waals surface area contributed by atoms with Gasteiger partial charge in [0.15, 0.2) is 0 Å². The van der Waals surface area contributed by atoms with Crippen LogP contribution in [0.25, 0.3) is 10.9 Å². The van der Waals surface area contributed by atoms with Gasteiger partial charge in [0.1, 0.15) is 5.69 Å². The highest BCUT2D eigenvalue weighted by atomic mass is 35.5. The zero-order valence-corrected chi connectivity index (χ0v) is 9.73. The number of hydrogen-bond acceptors (Lipinski definition) is 5. The number of anilines is 1. The quantitative estimate of drug-likeness (QED) is 0.516. The predicted molar refractivity (Wildman–Crippen MR) is 65.4 cm³/mol. The number of nitrogens with zero attached hydrogens (tertiary/aromatic N) is 3. The molecule has 0 aliphatic rings. The Labute approximate surface area is 102 Å². The maximum Gasteiger partial charge on any atom is 0.293 e. The van der Waals surface area contributed by atoms with Gasteiger partial charge in [0.05, 0.1) is 10.4 Å². The van der Waals surface area contributed by atoms with Crippen molar-refractivity contribution in [3.05, 3.63) is 33.7 Å². The lowest BCUT2D eigenvalue weighted by molar-refractivity contribution is -0.383. The number of hydrogen-bond donors (Lipinski definition) is 1. The molecule has 1 aromatic carbocycles. The van der Waals surface area contributed by atoms with Gasteiger partial charge in [-0.05, 0) is 24.6 Å². The summed E-state index contributed by atoms with van der Waals surface area (Å²) in [6, 6.07) is 3.04. The van der Waals surface area contributed by atoms with E-state index in [0.29, 0.717) is 23.1 Å². The summed E-state index contributed by atoms with van der Waals surface area (Å²) in [4.78, 5) is 18.3. The fraction of sp³-hybridized carbons (Fsp3) is 0.200. The summed E-state index contributed by atoms with van der Waals surface area (Å²) in [6.45, 7) is 2.45. The predicted octanol–water partition coefficient (Wildman–Crippen LogP) is 2.62. The van der Waals surface area contributed by atoms with Gasteiger partial charge in [-0.3, -0.25) is 10.1 Å². The summed E-state index contributed by atoms with van der Waals surface area (Å²) in [5.74, 6) is 0. The standard InChI is InChI=1S/C10H9ClN4O2/c1-2-12-8-4-7-6(3-9(8)15(16)17)5-13-10(11)14-7/h3-5,12H,2H2,1H3. The molecule has 0 saturated heterocycles. The first-order valence-corrected chi connectivity index (χ1v) is 5.34. The van der Waals surface area contributed by atoms with Crippen molar-refractivity contribution in [3.63, 3.8) is 0 Å². The number of benzene rings is 1. The number of rotatable bonds is 3. The summed E-state index contributed by atoms with van der Waals surface area (Å²) in [5, 5.41) is 14.5. The summed E-state index contributed by atoms with van der Waals surface area (Å²) in [6.07, 6.45) is 1.47. The molecule has 0 fully saturated rings. The van der Waals surface area contributed by atoms with Crippen molar-refractivity contribution < 1.29 is 4.92 Å². The molecule has 6 nitrogen and oxygen atoms in total. The third-order valence-electron chi connectivity index (χ3n) is 2.23. The van der Waals surface area contributed by atoms with E-state index in [9.17, 15) is 10.1 Å². The number of aromatic nitrogens is 2. The van der Waals surface area contributed by atoms with Crippen LogP contribution in [0.2, 0.25) is 5.28 Å². The molecule has 1 heterocycles. The monoisotopic (exact) mass is 252 g/mol. The second-order valence-corrected chi connectivity index (χ2v) is 3.69. The van der Waals surface area contributed by atoms with Crippen molar-refractivity contribution in [2.45, 2.75) is 6.92 Å². The van der Waals surface area contributed by atoms with Crippen molar-refractivity contribution >= 4 is 33.9 Å². The van der Waals surface area contributed by atoms with Crippen molar-refractivity contribution in [3.8, 4) is 0 Å². The van der Waals surface area contributed by atoms with Crippen molar-refractivity contribution in [2.24, 2.45) is 0 Å². The lowest BCUT2D eigenvalue weighted by atomic mass is 10.2. The van der Waals surface area contributed by atoms with E-state index >= 15 is 0 Å². The summed E-state index contributed by atoms with van der Waals surface area (Å²) < 4.78 is 0. The highest BCUT2D eigenvalue weighted by molar-refractivity contribution is 6.28. The zero-order valence-electron chi connectivity index (χ0n) is 8.98. The molecule has 1 N–H and O–H groups in total. The normalized spacial score (nSPS) is 10.5. The lowest BCUT2D eigenvalue weighted by Crippen LogP contribution is -2.01. The molecule has 0 aliphatic carbocycles. The van der Waals surface area contributed by atoms with Crippen LogP contribution in [0.4, 0.5) is 11.4 Å². The molecule has 2 rings (SSSR count). The highest BCUT2D eigenvalue weighted by Crippen LogP contribution is 2.29. The maximum absolute atomic E-state index is 10.9. The average molecular weight is 253 g/mol. The molecule has 0 atom stereocenters. The first kappa shape index (κ1) is 11.5. The van der Waals surface area contributed by atoms with E-state index in [1.54, 1.807) is 6.07 Å². The minimum absolute atomic E-state index is 0.00488. The molecule has 0 radical (unpaired) electrons. The van der Waals surface area contributed by atoms with Crippen LogP contribution >= 0.6 is 11.6 Å². The maximum atomic E-state index is 10.9. The van der Waals surface area contributed by atoms with Gasteiger partial charge >= 0.3 is 0 Å². The Morgan fingerprint density at radius 1 is 1.53 bits per heavy atom. The molecule has 0 unspecified atom stereocenters. The van der Waals surface area contributed by atoms with E-state index in [1.165, 1.54) is 12.3 Å². The fourth-order valence-electron chi connectivity index (χ4n) is 1.53. The highest BCUT2D eigenvalue weighted by Gasteiger charge is 2.15. The topological polar surface area (TPSA) is 81.0 Å². The molecule has 7 heteroatoms. The number of nitro benzene ring substituents is 1. The van der Waals surface area contributed by atoms with Gasteiger partial charge in [0, 0.05) is 24.2 Å². The van der Waals surface area contributed by atoms with E-state index in [2.05, 4.69) is 15.3 Å². The number of nitrogens with one attached hydrogen (secondary N) is 1. The molecule has 0 amide bonds. The van der Waals surface area contributed by atoms with E-state index < -0.39 is 4.92 Å². The van der Waals surface area contributed by atoms with Crippen molar-refractivity contribution in [1.82, 2.24) is 9.97 Å². The van der Waals surface area contributed by atoms with Crippen LogP contribution in [0.5, 0.6) is 0 Å². The lowest BCUT2D eigenvalue weighted by Gasteiger charge is -2.05. The molecule has 1 aromatic heterocycles. The van der Waals surface area contributed by atoms with E-state index in [-0.39, 0.29) is 11.0 Å². The van der Waals surface area contributed by atoms with Gasteiger partial charge in [-0.2, -0.15) is 0 Å². The van der Waals surface area contributed by atoms with Crippen LogP contribution in [0.3, 0.4) is 0 Å². The molecular formula is C10H9ClN4O2.